The second-order valence-corrected chi connectivity index (χ2v) is 5.59. The molecule has 4 nitrogen and oxygen atoms in total. The van der Waals surface area contributed by atoms with Gasteiger partial charge in [0.05, 0.1) is 0 Å². The average Bonchev–Trinajstić information content (AvgIpc) is 3.20. The lowest BCUT2D eigenvalue weighted by atomic mass is 10.2. The van der Waals surface area contributed by atoms with E-state index in [0.717, 1.165) is 17.6 Å². The molecule has 1 fully saturated rings. The fourth-order valence-electron chi connectivity index (χ4n) is 1.96. The Kier molecular flexibility index (Phi) is 4.60. The molecule has 0 radical (unpaired) electrons. The van der Waals surface area contributed by atoms with Crippen molar-refractivity contribution in [3.63, 3.8) is 0 Å². The molecular weight excluding hydrogens is 294 g/mol. The molecule has 1 aromatic rings. The first-order valence-corrected chi connectivity index (χ1v) is 6.93. The summed E-state index contributed by atoms with van der Waals surface area (Å²) in [6, 6.07) is 9.04. The van der Waals surface area contributed by atoms with E-state index >= 15 is 0 Å². The lowest BCUT2D eigenvalue weighted by Crippen LogP contribution is -2.29. The minimum absolute atomic E-state index is 0.302. The molecule has 0 atom stereocenters. The van der Waals surface area contributed by atoms with Crippen molar-refractivity contribution in [1.29, 1.82) is 0 Å². The number of hydrogen-bond acceptors (Lipinski definition) is 3. The van der Waals surface area contributed by atoms with Crippen LogP contribution in [0.3, 0.4) is 0 Å². The smallest absolute Gasteiger partial charge is 0.140 e. The summed E-state index contributed by atoms with van der Waals surface area (Å²) in [5.74, 6) is 0.302. The van der Waals surface area contributed by atoms with Crippen LogP contribution in [0.4, 0.5) is 0 Å². The van der Waals surface area contributed by atoms with Gasteiger partial charge in [-0.25, -0.2) is 0 Å². The molecule has 0 amide bonds. The van der Waals surface area contributed by atoms with Gasteiger partial charge in [-0.05, 0) is 30.5 Å². The highest BCUT2D eigenvalue weighted by Gasteiger charge is 2.28. The third-order valence-corrected chi connectivity index (χ3v) is 3.67. The van der Waals surface area contributed by atoms with Crippen LogP contribution in [0.5, 0.6) is 0 Å². The highest BCUT2D eigenvalue weighted by molar-refractivity contribution is 9.10. The lowest BCUT2D eigenvalue weighted by Gasteiger charge is -2.21. The van der Waals surface area contributed by atoms with Gasteiger partial charge in [0, 0.05) is 30.0 Å². The van der Waals surface area contributed by atoms with Crippen molar-refractivity contribution in [2.75, 3.05) is 6.54 Å². The molecule has 0 unspecified atom stereocenters. The zero-order valence-electron chi connectivity index (χ0n) is 10.2. The van der Waals surface area contributed by atoms with Crippen molar-refractivity contribution in [3.8, 4) is 0 Å². The Labute approximate surface area is 116 Å². The highest BCUT2D eigenvalue weighted by atomic mass is 79.9. The van der Waals surface area contributed by atoms with E-state index in [1.807, 2.05) is 0 Å². The number of nitrogens with two attached hydrogens (primary N) is 1. The molecule has 0 heterocycles. The lowest BCUT2D eigenvalue weighted by molar-refractivity contribution is 0.259. The standard InChI is InChI=1S/C13H18BrN3O/c14-11-3-1-10(2-4-11)9-17(12-5-6-12)8-7-13(15)16-18/h1-4,12,18H,5-9H2,(H2,15,16). The minimum Gasteiger partial charge on any atom is -0.409 e. The molecule has 1 aromatic carbocycles. The van der Waals surface area contributed by atoms with Crippen LogP contribution in [0.1, 0.15) is 24.8 Å². The number of benzene rings is 1. The minimum atomic E-state index is 0.302. The maximum absolute atomic E-state index is 8.56. The molecule has 5 heteroatoms. The molecule has 98 valence electrons. The maximum atomic E-state index is 8.56. The van der Waals surface area contributed by atoms with Gasteiger partial charge in [0.2, 0.25) is 0 Å². The molecule has 3 N–H and O–H groups in total. The Balaban J connectivity index is 1.92. The molecule has 0 aromatic heterocycles. The Hall–Kier alpha value is -1.07. The molecular formula is C13H18BrN3O. The van der Waals surface area contributed by atoms with Gasteiger partial charge in [-0.3, -0.25) is 4.90 Å². The Morgan fingerprint density at radius 3 is 2.61 bits per heavy atom. The van der Waals surface area contributed by atoms with Crippen molar-refractivity contribution in [2.24, 2.45) is 10.9 Å². The van der Waals surface area contributed by atoms with Gasteiger partial charge in [0.1, 0.15) is 5.84 Å². The monoisotopic (exact) mass is 311 g/mol. The van der Waals surface area contributed by atoms with Gasteiger partial charge in [-0.2, -0.15) is 0 Å². The van der Waals surface area contributed by atoms with E-state index in [-0.39, 0.29) is 0 Å². The summed E-state index contributed by atoms with van der Waals surface area (Å²) in [7, 11) is 0. The van der Waals surface area contributed by atoms with Gasteiger partial charge in [0.15, 0.2) is 0 Å². The summed E-state index contributed by atoms with van der Waals surface area (Å²) in [4.78, 5) is 2.40. The van der Waals surface area contributed by atoms with E-state index < -0.39 is 0 Å². The van der Waals surface area contributed by atoms with E-state index in [9.17, 15) is 0 Å². The number of rotatable bonds is 6. The van der Waals surface area contributed by atoms with Crippen LogP contribution in [0.2, 0.25) is 0 Å². The van der Waals surface area contributed by atoms with Crippen LogP contribution in [0.25, 0.3) is 0 Å². The summed E-state index contributed by atoms with van der Waals surface area (Å²) < 4.78 is 1.10. The van der Waals surface area contributed by atoms with Crippen LogP contribution < -0.4 is 5.73 Å². The first-order chi connectivity index (χ1) is 8.69. The van der Waals surface area contributed by atoms with Crippen LogP contribution in [0, 0.1) is 0 Å². The van der Waals surface area contributed by atoms with Crippen molar-refractivity contribution >= 4 is 21.8 Å². The maximum Gasteiger partial charge on any atom is 0.140 e. The zero-order chi connectivity index (χ0) is 13.0. The molecule has 1 saturated carbocycles. The largest absolute Gasteiger partial charge is 0.409 e. The highest BCUT2D eigenvalue weighted by Crippen LogP contribution is 2.28. The van der Waals surface area contributed by atoms with E-state index in [1.165, 1.54) is 18.4 Å². The SMILES string of the molecule is N/C(CCN(Cc1ccc(Br)cc1)C1CC1)=N/O. The van der Waals surface area contributed by atoms with Crippen molar-refractivity contribution < 1.29 is 5.21 Å². The quantitative estimate of drug-likeness (QED) is 0.367. The summed E-state index contributed by atoms with van der Waals surface area (Å²) in [5, 5.41) is 11.6. The van der Waals surface area contributed by atoms with E-state index in [0.29, 0.717) is 18.3 Å². The van der Waals surface area contributed by atoms with Crippen molar-refractivity contribution in [3.05, 3.63) is 34.3 Å². The topological polar surface area (TPSA) is 61.8 Å². The average molecular weight is 312 g/mol. The van der Waals surface area contributed by atoms with Crippen LogP contribution in [-0.2, 0) is 6.54 Å². The van der Waals surface area contributed by atoms with Gasteiger partial charge < -0.3 is 10.9 Å². The van der Waals surface area contributed by atoms with Gasteiger partial charge in [-0.15, -0.1) is 0 Å². The molecule has 18 heavy (non-hydrogen) atoms. The van der Waals surface area contributed by atoms with E-state index in [2.05, 4.69) is 50.3 Å². The first kappa shape index (κ1) is 13.4. The summed E-state index contributed by atoms with van der Waals surface area (Å²) in [5.41, 5.74) is 6.82. The summed E-state index contributed by atoms with van der Waals surface area (Å²) in [6.07, 6.45) is 3.13. The Bertz CT molecular complexity index is 415. The molecule has 0 aliphatic heterocycles. The van der Waals surface area contributed by atoms with Crippen LogP contribution >= 0.6 is 15.9 Å². The second kappa shape index (κ2) is 6.20. The van der Waals surface area contributed by atoms with E-state index in [4.69, 9.17) is 10.9 Å². The summed E-state index contributed by atoms with van der Waals surface area (Å²) >= 11 is 3.44. The number of halogens is 1. The third kappa shape index (κ3) is 3.99. The molecule has 2 rings (SSSR count). The summed E-state index contributed by atoms with van der Waals surface area (Å²) in [6.45, 7) is 1.77. The fraction of sp³-hybridized carbons (Fsp3) is 0.462. The zero-order valence-corrected chi connectivity index (χ0v) is 11.8. The number of hydrogen-bond donors (Lipinski definition) is 2. The third-order valence-electron chi connectivity index (χ3n) is 3.15. The fourth-order valence-corrected chi connectivity index (χ4v) is 2.23. The van der Waals surface area contributed by atoms with Crippen molar-refractivity contribution in [2.45, 2.75) is 31.8 Å². The van der Waals surface area contributed by atoms with Gasteiger partial charge in [0.25, 0.3) is 0 Å². The number of oxime groups is 1. The molecule has 0 bridgehead atoms. The molecule has 1 aliphatic carbocycles. The first-order valence-electron chi connectivity index (χ1n) is 6.14. The predicted octanol–water partition coefficient (Wildman–Crippen LogP) is 2.55. The van der Waals surface area contributed by atoms with E-state index in [1.54, 1.807) is 0 Å². The number of amidine groups is 1. The molecule has 1 aliphatic rings. The van der Waals surface area contributed by atoms with Crippen molar-refractivity contribution in [1.82, 2.24) is 4.90 Å². The second-order valence-electron chi connectivity index (χ2n) is 4.67. The Morgan fingerprint density at radius 1 is 1.39 bits per heavy atom. The van der Waals surface area contributed by atoms with Crippen LogP contribution in [0.15, 0.2) is 33.9 Å². The normalized spacial score (nSPS) is 16.2. The number of nitrogens with zero attached hydrogens (tertiary/aromatic N) is 2. The molecule has 0 saturated heterocycles. The predicted molar refractivity (Wildman–Crippen MR) is 75.6 cm³/mol. The van der Waals surface area contributed by atoms with Crippen LogP contribution in [-0.4, -0.2) is 28.5 Å². The molecule has 0 spiro atoms. The Morgan fingerprint density at radius 2 is 2.06 bits per heavy atom. The van der Waals surface area contributed by atoms with Gasteiger partial charge >= 0.3 is 0 Å². The van der Waals surface area contributed by atoms with Gasteiger partial charge in [-0.1, -0.05) is 33.2 Å².